The van der Waals surface area contributed by atoms with E-state index in [4.69, 9.17) is 11.5 Å². The van der Waals surface area contributed by atoms with Gasteiger partial charge in [-0.25, -0.2) is 9.78 Å². The van der Waals surface area contributed by atoms with Crippen LogP contribution in [0.3, 0.4) is 0 Å². The summed E-state index contributed by atoms with van der Waals surface area (Å²) in [7, 11) is 0. The van der Waals surface area contributed by atoms with Gasteiger partial charge in [-0.05, 0) is 37.1 Å². The van der Waals surface area contributed by atoms with Gasteiger partial charge in [-0.3, -0.25) is 14.4 Å². The van der Waals surface area contributed by atoms with E-state index < -0.39 is 47.9 Å². The Hall–Kier alpha value is -3.62. The topological polar surface area (TPSA) is 226 Å². The van der Waals surface area contributed by atoms with Crippen molar-refractivity contribution >= 4 is 36.3 Å². The Labute approximate surface area is 225 Å². The molecule has 0 bridgehead atoms. The normalized spacial score (nSPS) is 14.1. The molecular weight excluding hydrogens is 514 g/mol. The van der Waals surface area contributed by atoms with E-state index in [1.165, 1.54) is 24.7 Å². The number of phenols is 1. The molecule has 4 atom stereocenters. The van der Waals surface area contributed by atoms with Gasteiger partial charge in [-0.2, -0.15) is 12.6 Å². The molecule has 0 aliphatic carbocycles. The van der Waals surface area contributed by atoms with Crippen LogP contribution in [0.1, 0.15) is 30.5 Å². The third-order valence-electron chi connectivity index (χ3n) is 5.72. The molecule has 2 rings (SSSR count). The average Bonchev–Trinajstić information content (AvgIpc) is 3.40. The van der Waals surface area contributed by atoms with Crippen molar-refractivity contribution in [2.45, 2.75) is 56.3 Å². The standard InChI is InChI=1S/C24H35N7O6S/c25-8-2-1-3-17(26)21(33)29-18(9-14-4-6-16(32)7-5-14)22(34)30-19(10-15-11-27-13-28-15)23(35)31-20(12-38)24(36)37/h4-7,11,13,17-20,32,38H,1-3,8-10,12,25-26H2,(H,27,28)(H,29,33)(H,30,34)(H,31,35)(H,36,37). The minimum atomic E-state index is -1.28. The lowest BCUT2D eigenvalue weighted by Crippen LogP contribution is -2.58. The lowest BCUT2D eigenvalue weighted by Gasteiger charge is -2.25. The van der Waals surface area contributed by atoms with Crippen LogP contribution in [0.25, 0.3) is 0 Å². The molecule has 208 valence electrons. The molecule has 1 aromatic heterocycles. The highest BCUT2D eigenvalue weighted by Crippen LogP contribution is 2.12. The van der Waals surface area contributed by atoms with Gasteiger partial charge >= 0.3 is 5.97 Å². The maximum Gasteiger partial charge on any atom is 0.327 e. The van der Waals surface area contributed by atoms with Crippen LogP contribution in [-0.4, -0.2) is 80.3 Å². The molecular formula is C24H35N7O6S. The van der Waals surface area contributed by atoms with Crippen LogP contribution in [0.15, 0.2) is 36.8 Å². The van der Waals surface area contributed by atoms with Crippen LogP contribution >= 0.6 is 12.6 Å². The Bertz CT molecular complexity index is 1050. The molecule has 13 nitrogen and oxygen atoms in total. The fourth-order valence-electron chi connectivity index (χ4n) is 3.55. The second-order valence-corrected chi connectivity index (χ2v) is 9.11. The van der Waals surface area contributed by atoms with E-state index in [1.807, 2.05) is 0 Å². The first kappa shape index (κ1) is 30.6. The highest BCUT2D eigenvalue weighted by Gasteiger charge is 2.30. The van der Waals surface area contributed by atoms with Crippen LogP contribution in [0, 0.1) is 0 Å². The number of H-pyrrole nitrogens is 1. The van der Waals surface area contributed by atoms with Crippen molar-refractivity contribution in [3.63, 3.8) is 0 Å². The number of imidazole rings is 1. The molecule has 1 heterocycles. The molecule has 0 aliphatic rings. The largest absolute Gasteiger partial charge is 0.508 e. The van der Waals surface area contributed by atoms with Gasteiger partial charge in [0.1, 0.15) is 23.9 Å². The molecule has 4 unspecified atom stereocenters. The lowest BCUT2D eigenvalue weighted by atomic mass is 10.0. The van der Waals surface area contributed by atoms with E-state index in [0.717, 1.165) is 0 Å². The minimum Gasteiger partial charge on any atom is -0.508 e. The number of aromatic nitrogens is 2. The Morgan fingerprint density at radius 1 is 0.947 bits per heavy atom. The number of aliphatic carboxylic acids is 1. The summed E-state index contributed by atoms with van der Waals surface area (Å²) >= 11 is 3.96. The third-order valence-corrected chi connectivity index (χ3v) is 6.09. The number of carboxylic acids is 1. The van der Waals surface area contributed by atoms with Gasteiger partial charge in [-0.15, -0.1) is 0 Å². The number of unbranched alkanes of at least 4 members (excludes halogenated alkanes) is 1. The van der Waals surface area contributed by atoms with Crippen LogP contribution in [0.4, 0.5) is 0 Å². The number of phenolic OH excluding ortho intramolecular Hbond substituents is 1. The fraction of sp³-hybridized carbons (Fsp3) is 0.458. The SMILES string of the molecule is NCCCCC(N)C(=O)NC(Cc1ccc(O)cc1)C(=O)NC(Cc1cnc[nH]1)C(=O)NC(CS)C(=O)O. The van der Waals surface area contributed by atoms with Gasteiger partial charge in [0.05, 0.1) is 12.4 Å². The maximum atomic E-state index is 13.4. The zero-order chi connectivity index (χ0) is 28.1. The Balaban J connectivity index is 2.24. The van der Waals surface area contributed by atoms with Crippen molar-refractivity contribution in [1.82, 2.24) is 25.9 Å². The van der Waals surface area contributed by atoms with E-state index in [9.17, 15) is 29.4 Å². The molecule has 0 fully saturated rings. The number of amides is 3. The van der Waals surface area contributed by atoms with Crippen LogP contribution in [-0.2, 0) is 32.0 Å². The molecule has 38 heavy (non-hydrogen) atoms. The van der Waals surface area contributed by atoms with E-state index in [2.05, 4.69) is 38.5 Å². The highest BCUT2D eigenvalue weighted by molar-refractivity contribution is 7.80. The van der Waals surface area contributed by atoms with Gasteiger partial charge in [0.25, 0.3) is 0 Å². The maximum absolute atomic E-state index is 13.4. The van der Waals surface area contributed by atoms with Crippen molar-refractivity contribution < 1.29 is 29.4 Å². The number of nitrogens with zero attached hydrogens (tertiary/aromatic N) is 1. The summed E-state index contributed by atoms with van der Waals surface area (Å²) in [6, 6.07) is 1.64. The van der Waals surface area contributed by atoms with E-state index in [1.54, 1.807) is 12.1 Å². The predicted octanol–water partition coefficient (Wildman–Crippen LogP) is -1.17. The summed E-state index contributed by atoms with van der Waals surface area (Å²) in [5, 5.41) is 26.5. The Morgan fingerprint density at radius 2 is 1.55 bits per heavy atom. The van der Waals surface area contributed by atoms with Crippen molar-refractivity contribution in [1.29, 1.82) is 0 Å². The predicted molar refractivity (Wildman–Crippen MR) is 142 cm³/mol. The van der Waals surface area contributed by atoms with Crippen molar-refractivity contribution in [3.8, 4) is 5.75 Å². The second-order valence-electron chi connectivity index (χ2n) is 8.75. The summed E-state index contributed by atoms with van der Waals surface area (Å²) in [5.41, 5.74) is 12.6. The van der Waals surface area contributed by atoms with Gasteiger partial charge in [-0.1, -0.05) is 18.6 Å². The number of hydrogen-bond donors (Lipinski definition) is 9. The van der Waals surface area contributed by atoms with Crippen molar-refractivity contribution in [2.75, 3.05) is 12.3 Å². The first-order chi connectivity index (χ1) is 18.1. The molecule has 1 aromatic carbocycles. The summed E-state index contributed by atoms with van der Waals surface area (Å²) < 4.78 is 0. The molecule has 0 radical (unpaired) electrons. The first-order valence-electron chi connectivity index (χ1n) is 12.1. The number of nitrogens with two attached hydrogens (primary N) is 2. The molecule has 0 saturated heterocycles. The number of benzene rings is 1. The summed E-state index contributed by atoms with van der Waals surface area (Å²) in [5.74, 6) is -3.37. The number of hydrogen-bond acceptors (Lipinski definition) is 9. The number of rotatable bonds is 16. The monoisotopic (exact) mass is 549 g/mol. The zero-order valence-electron chi connectivity index (χ0n) is 20.8. The average molecular weight is 550 g/mol. The molecule has 0 spiro atoms. The number of nitrogens with one attached hydrogen (secondary N) is 4. The Kier molecular flexibility index (Phi) is 12.6. The van der Waals surface area contributed by atoms with Gasteiger partial charge in [0, 0.05) is 30.5 Å². The number of carbonyl (C=O) groups excluding carboxylic acids is 3. The van der Waals surface area contributed by atoms with E-state index >= 15 is 0 Å². The molecule has 2 aromatic rings. The van der Waals surface area contributed by atoms with Crippen LogP contribution in [0.2, 0.25) is 0 Å². The smallest absolute Gasteiger partial charge is 0.327 e. The Morgan fingerprint density at radius 3 is 2.11 bits per heavy atom. The van der Waals surface area contributed by atoms with E-state index in [-0.39, 0.29) is 24.3 Å². The van der Waals surface area contributed by atoms with Gasteiger partial charge in [0.15, 0.2) is 0 Å². The van der Waals surface area contributed by atoms with Crippen molar-refractivity contribution in [2.24, 2.45) is 11.5 Å². The number of carbonyl (C=O) groups is 4. The van der Waals surface area contributed by atoms with E-state index in [0.29, 0.717) is 37.1 Å². The molecule has 0 saturated carbocycles. The zero-order valence-corrected chi connectivity index (χ0v) is 21.7. The number of aromatic hydroxyl groups is 1. The number of aromatic amines is 1. The van der Waals surface area contributed by atoms with Gasteiger partial charge in [0.2, 0.25) is 17.7 Å². The quantitative estimate of drug-likeness (QED) is 0.0906. The van der Waals surface area contributed by atoms with Crippen LogP contribution < -0.4 is 27.4 Å². The fourth-order valence-corrected chi connectivity index (χ4v) is 3.80. The first-order valence-corrected chi connectivity index (χ1v) is 12.7. The molecule has 10 N–H and O–H groups in total. The molecule has 14 heteroatoms. The van der Waals surface area contributed by atoms with Crippen molar-refractivity contribution in [3.05, 3.63) is 48.0 Å². The lowest BCUT2D eigenvalue weighted by molar-refractivity contribution is -0.141. The summed E-state index contributed by atoms with van der Waals surface area (Å²) in [6.07, 6.45) is 4.61. The second kappa shape index (κ2) is 15.6. The minimum absolute atomic E-state index is 0.0189. The number of carboxylic acid groups (broad SMARTS) is 1. The summed E-state index contributed by atoms with van der Waals surface area (Å²) in [4.78, 5) is 57.3. The van der Waals surface area contributed by atoms with Gasteiger partial charge < -0.3 is 42.6 Å². The summed E-state index contributed by atoms with van der Waals surface area (Å²) in [6.45, 7) is 0.468. The highest BCUT2D eigenvalue weighted by atomic mass is 32.1. The third kappa shape index (κ3) is 10.0. The molecule has 3 amide bonds. The number of thiol groups is 1. The molecule has 0 aliphatic heterocycles. The van der Waals surface area contributed by atoms with Crippen LogP contribution in [0.5, 0.6) is 5.75 Å².